The molecule has 3 N–H and O–H groups in total. The Kier molecular flexibility index (Phi) is 9.97. The summed E-state index contributed by atoms with van der Waals surface area (Å²) in [5.41, 5.74) is 1.77. The Balaban J connectivity index is 1.88. The van der Waals surface area contributed by atoms with Crippen LogP contribution in [0.5, 0.6) is 5.75 Å². The molecule has 0 saturated heterocycles. The van der Waals surface area contributed by atoms with E-state index in [-0.39, 0.29) is 18.4 Å². The molecule has 0 saturated carbocycles. The van der Waals surface area contributed by atoms with Gasteiger partial charge in [-0.15, -0.1) is 0 Å². The summed E-state index contributed by atoms with van der Waals surface area (Å²) in [7, 11) is 0. The van der Waals surface area contributed by atoms with Crippen LogP contribution in [0.1, 0.15) is 26.7 Å². The summed E-state index contributed by atoms with van der Waals surface area (Å²) in [5, 5.41) is 8.99. The first-order valence-corrected chi connectivity index (χ1v) is 10.3. The van der Waals surface area contributed by atoms with Crippen LogP contribution < -0.4 is 20.7 Å². The molecule has 0 heterocycles. The van der Waals surface area contributed by atoms with Crippen LogP contribution in [0.3, 0.4) is 0 Å². The van der Waals surface area contributed by atoms with E-state index in [0.717, 1.165) is 12.1 Å². The molecule has 0 aliphatic carbocycles. The second kappa shape index (κ2) is 12.7. The maximum absolute atomic E-state index is 12.3. The van der Waals surface area contributed by atoms with Crippen molar-refractivity contribution in [2.75, 3.05) is 42.3 Å². The zero-order valence-corrected chi connectivity index (χ0v) is 18.1. The third kappa shape index (κ3) is 8.31. The zero-order chi connectivity index (χ0) is 21.8. The highest BCUT2D eigenvalue weighted by Gasteiger charge is 2.09. The van der Waals surface area contributed by atoms with Gasteiger partial charge in [0.1, 0.15) is 12.4 Å². The van der Waals surface area contributed by atoms with Gasteiger partial charge in [0.25, 0.3) is 0 Å². The van der Waals surface area contributed by atoms with Gasteiger partial charge in [-0.25, -0.2) is 0 Å². The van der Waals surface area contributed by atoms with Gasteiger partial charge in [0.15, 0.2) is 0 Å². The molecule has 0 radical (unpaired) electrons. The molecule has 0 atom stereocenters. The van der Waals surface area contributed by atoms with Crippen molar-refractivity contribution in [3.63, 3.8) is 0 Å². The number of carbonyl (C=O) groups excluding carboxylic acids is 2. The molecule has 0 fully saturated rings. The summed E-state index contributed by atoms with van der Waals surface area (Å²) in [5.74, 6) is 0.345. The largest absolute Gasteiger partial charge is 0.491 e. The van der Waals surface area contributed by atoms with E-state index < -0.39 is 0 Å². The lowest BCUT2D eigenvalue weighted by Crippen LogP contribution is -2.22. The molecule has 162 valence electrons. The first kappa shape index (κ1) is 23.5. The maximum atomic E-state index is 12.3. The minimum atomic E-state index is -0.267. The average molecular weight is 434 g/mol. The van der Waals surface area contributed by atoms with E-state index in [0.29, 0.717) is 48.4 Å². The highest BCUT2D eigenvalue weighted by atomic mass is 35.5. The third-order valence-corrected chi connectivity index (χ3v) is 4.32. The predicted octanol–water partition coefficient (Wildman–Crippen LogP) is 4.54. The van der Waals surface area contributed by atoms with Crippen LogP contribution >= 0.6 is 11.6 Å². The van der Waals surface area contributed by atoms with Crippen molar-refractivity contribution < 1.29 is 19.1 Å². The molecule has 0 unspecified atom stereocenters. The number of hydrogen-bond acceptors (Lipinski definition) is 5. The summed E-state index contributed by atoms with van der Waals surface area (Å²) in [6, 6.07) is 12.3. The Morgan fingerprint density at radius 1 is 0.967 bits per heavy atom. The van der Waals surface area contributed by atoms with Gasteiger partial charge in [-0.05, 0) is 43.7 Å². The van der Waals surface area contributed by atoms with Crippen LogP contribution in [0.15, 0.2) is 42.5 Å². The van der Waals surface area contributed by atoms with Gasteiger partial charge >= 0.3 is 0 Å². The van der Waals surface area contributed by atoms with Gasteiger partial charge in [-0.3, -0.25) is 9.59 Å². The number of benzene rings is 2. The second-order valence-electron chi connectivity index (χ2n) is 6.47. The van der Waals surface area contributed by atoms with Crippen LogP contribution in [-0.4, -0.2) is 38.2 Å². The van der Waals surface area contributed by atoms with Crippen molar-refractivity contribution in [3.8, 4) is 5.75 Å². The fourth-order valence-corrected chi connectivity index (χ4v) is 2.75. The lowest BCUT2D eigenvalue weighted by Gasteiger charge is -2.12. The van der Waals surface area contributed by atoms with E-state index in [1.807, 2.05) is 38.1 Å². The summed E-state index contributed by atoms with van der Waals surface area (Å²) in [6.07, 6.45) is 1.19. The van der Waals surface area contributed by atoms with Crippen LogP contribution in [0.2, 0.25) is 5.02 Å². The van der Waals surface area contributed by atoms with E-state index in [4.69, 9.17) is 21.1 Å². The number of carbonyl (C=O) groups is 2. The van der Waals surface area contributed by atoms with Crippen molar-refractivity contribution in [1.82, 2.24) is 0 Å². The molecule has 2 amide bonds. The quantitative estimate of drug-likeness (QED) is 0.427. The molecular formula is C22H28ClN3O4. The first-order chi connectivity index (χ1) is 14.5. The van der Waals surface area contributed by atoms with E-state index in [1.54, 1.807) is 18.2 Å². The Bertz CT molecular complexity index is 845. The molecule has 2 rings (SSSR count). The monoisotopic (exact) mass is 433 g/mol. The van der Waals surface area contributed by atoms with E-state index >= 15 is 0 Å². The Morgan fingerprint density at radius 3 is 2.57 bits per heavy atom. The van der Waals surface area contributed by atoms with Gasteiger partial charge in [0, 0.05) is 30.5 Å². The molecule has 0 aliphatic rings. The van der Waals surface area contributed by atoms with Crippen molar-refractivity contribution in [3.05, 3.63) is 47.5 Å². The molecule has 7 nitrogen and oxygen atoms in total. The highest BCUT2D eigenvalue weighted by Crippen LogP contribution is 2.26. The van der Waals surface area contributed by atoms with E-state index in [9.17, 15) is 9.59 Å². The fraction of sp³-hybridized carbons (Fsp3) is 0.364. The Labute approximate surface area is 182 Å². The van der Waals surface area contributed by atoms with Crippen molar-refractivity contribution >= 4 is 40.5 Å². The molecule has 8 heteroatoms. The minimum absolute atomic E-state index is 0.0468. The second-order valence-corrected chi connectivity index (χ2v) is 6.87. The standard InChI is InChI=1S/C22H28ClN3O4/c1-3-6-21(27)25-17-9-10-19(23)20(14-17)26-22(28)15-24-16-7-5-8-18(13-16)30-12-11-29-4-2/h5,7-10,13-14,24H,3-4,6,11-12,15H2,1-2H3,(H,25,27)(H,26,28). The lowest BCUT2D eigenvalue weighted by atomic mass is 10.2. The zero-order valence-electron chi connectivity index (χ0n) is 17.3. The van der Waals surface area contributed by atoms with Gasteiger partial charge in [-0.1, -0.05) is 24.6 Å². The summed E-state index contributed by atoms with van der Waals surface area (Å²) < 4.78 is 10.9. The molecule has 2 aromatic carbocycles. The van der Waals surface area contributed by atoms with Crippen molar-refractivity contribution in [2.24, 2.45) is 0 Å². The minimum Gasteiger partial charge on any atom is -0.491 e. The van der Waals surface area contributed by atoms with Gasteiger partial charge < -0.3 is 25.4 Å². The third-order valence-electron chi connectivity index (χ3n) is 3.99. The number of hydrogen-bond donors (Lipinski definition) is 3. The van der Waals surface area contributed by atoms with Crippen LogP contribution in [0, 0.1) is 0 Å². The Hall–Kier alpha value is -2.77. The SMILES string of the molecule is CCCC(=O)Nc1ccc(Cl)c(NC(=O)CNc2cccc(OCCOCC)c2)c1. The molecule has 0 bridgehead atoms. The molecule has 30 heavy (non-hydrogen) atoms. The number of rotatable bonds is 12. The molecule has 0 aromatic heterocycles. The van der Waals surface area contributed by atoms with Gasteiger partial charge in [0.2, 0.25) is 11.8 Å². The van der Waals surface area contributed by atoms with Crippen molar-refractivity contribution in [2.45, 2.75) is 26.7 Å². The first-order valence-electron chi connectivity index (χ1n) is 9.95. The fourth-order valence-electron chi connectivity index (χ4n) is 2.58. The summed E-state index contributed by atoms with van der Waals surface area (Å²) >= 11 is 6.17. The van der Waals surface area contributed by atoms with Crippen LogP contribution in [-0.2, 0) is 14.3 Å². The number of nitrogens with one attached hydrogen (secondary N) is 3. The lowest BCUT2D eigenvalue weighted by molar-refractivity contribution is -0.116. The number of ether oxygens (including phenoxy) is 2. The number of halogens is 1. The molecule has 0 spiro atoms. The maximum Gasteiger partial charge on any atom is 0.243 e. The molecule has 0 aliphatic heterocycles. The topological polar surface area (TPSA) is 88.7 Å². The van der Waals surface area contributed by atoms with Gasteiger partial charge in [0.05, 0.1) is 23.9 Å². The summed E-state index contributed by atoms with van der Waals surface area (Å²) in [4.78, 5) is 24.1. The number of anilines is 3. The normalized spacial score (nSPS) is 10.4. The van der Waals surface area contributed by atoms with Crippen LogP contribution in [0.4, 0.5) is 17.1 Å². The van der Waals surface area contributed by atoms with Gasteiger partial charge in [-0.2, -0.15) is 0 Å². The molecular weight excluding hydrogens is 406 g/mol. The van der Waals surface area contributed by atoms with Crippen LogP contribution in [0.25, 0.3) is 0 Å². The van der Waals surface area contributed by atoms with E-state index in [1.165, 1.54) is 0 Å². The average Bonchev–Trinajstić information content (AvgIpc) is 2.73. The smallest absolute Gasteiger partial charge is 0.243 e. The summed E-state index contributed by atoms with van der Waals surface area (Å²) in [6.45, 7) is 5.55. The highest BCUT2D eigenvalue weighted by molar-refractivity contribution is 6.33. The Morgan fingerprint density at radius 2 is 1.80 bits per heavy atom. The predicted molar refractivity (Wildman–Crippen MR) is 121 cm³/mol. The molecule has 2 aromatic rings. The number of amides is 2. The van der Waals surface area contributed by atoms with Crippen molar-refractivity contribution in [1.29, 1.82) is 0 Å². The van der Waals surface area contributed by atoms with E-state index in [2.05, 4.69) is 16.0 Å².